The molecule has 1 aromatic heterocycles. The van der Waals surface area contributed by atoms with Crippen LogP contribution in [-0.4, -0.2) is 16.1 Å². The second-order valence-corrected chi connectivity index (χ2v) is 5.58. The first-order valence-electron chi connectivity index (χ1n) is 6.98. The van der Waals surface area contributed by atoms with Crippen molar-refractivity contribution in [3.8, 4) is 0 Å². The summed E-state index contributed by atoms with van der Waals surface area (Å²) in [7, 11) is 0. The maximum absolute atomic E-state index is 11.2. The number of aryl methyl sites for hydroxylation is 1. The highest BCUT2D eigenvalue weighted by Crippen LogP contribution is 2.44. The van der Waals surface area contributed by atoms with Crippen molar-refractivity contribution < 1.29 is 9.90 Å². The maximum Gasteiger partial charge on any atom is 0.304 e. The molecule has 1 aliphatic carbocycles. The molecule has 3 nitrogen and oxygen atoms in total. The van der Waals surface area contributed by atoms with Gasteiger partial charge in [0.2, 0.25) is 0 Å². The number of fused-ring (bicyclic) bond motifs is 3. The zero-order valence-electron chi connectivity index (χ0n) is 11.2. The van der Waals surface area contributed by atoms with Crippen molar-refractivity contribution in [3.05, 3.63) is 35.5 Å². The summed E-state index contributed by atoms with van der Waals surface area (Å²) in [4.78, 5) is 14.7. The normalized spacial score (nSPS) is 22.4. The Kier molecular flexibility index (Phi) is 2.85. The van der Waals surface area contributed by atoms with Crippen LogP contribution >= 0.6 is 0 Å². The lowest BCUT2D eigenvalue weighted by Crippen LogP contribution is -2.33. The monoisotopic (exact) mass is 257 g/mol. The topological polar surface area (TPSA) is 53.1 Å². The Balaban J connectivity index is 2.20. The molecule has 0 unspecified atom stereocenters. The number of H-pyrrole nitrogens is 1. The summed E-state index contributed by atoms with van der Waals surface area (Å²) in [5.74, 6) is -0.701. The Bertz CT molecular complexity index is 629. The van der Waals surface area contributed by atoms with Crippen molar-refractivity contribution in [2.24, 2.45) is 0 Å². The lowest BCUT2D eigenvalue weighted by atomic mass is 9.69. The molecule has 0 aliphatic heterocycles. The molecule has 1 aromatic carbocycles. The predicted octanol–water partition coefficient (Wildman–Crippen LogP) is 3.63. The fourth-order valence-corrected chi connectivity index (χ4v) is 3.59. The minimum atomic E-state index is -0.701. The minimum absolute atomic E-state index is 0.210. The number of aromatic amines is 1. The SMILES string of the molecule is CC[C@]1(CC(=O)O)CCCc2c1[nH]c1ccccc21. The standard InChI is InChI=1S/C16H19NO2/c1-2-16(10-14(18)19)9-5-7-12-11-6-3-4-8-13(11)17-15(12)16/h3-4,6,8,17H,2,5,7,9-10H2,1H3,(H,18,19)/t16-/m1/s1. The van der Waals surface area contributed by atoms with Gasteiger partial charge in [0.05, 0.1) is 6.42 Å². The summed E-state index contributed by atoms with van der Waals surface area (Å²) in [6.07, 6.45) is 4.20. The van der Waals surface area contributed by atoms with Gasteiger partial charge >= 0.3 is 5.97 Å². The third-order valence-corrected chi connectivity index (χ3v) is 4.59. The second-order valence-electron chi connectivity index (χ2n) is 5.58. The number of para-hydroxylation sites is 1. The van der Waals surface area contributed by atoms with Crippen molar-refractivity contribution in [1.29, 1.82) is 0 Å². The van der Waals surface area contributed by atoms with Crippen LogP contribution in [0.15, 0.2) is 24.3 Å². The van der Waals surface area contributed by atoms with Gasteiger partial charge in [-0.1, -0.05) is 25.1 Å². The van der Waals surface area contributed by atoms with Gasteiger partial charge in [0.1, 0.15) is 0 Å². The Labute approximate surface area is 112 Å². The van der Waals surface area contributed by atoms with Crippen molar-refractivity contribution in [1.82, 2.24) is 4.98 Å². The number of carboxylic acid groups (broad SMARTS) is 1. The Morgan fingerprint density at radius 2 is 2.21 bits per heavy atom. The molecule has 2 aromatic rings. The molecular weight excluding hydrogens is 238 g/mol. The number of benzene rings is 1. The van der Waals surface area contributed by atoms with Crippen LogP contribution in [-0.2, 0) is 16.6 Å². The number of aliphatic carboxylic acids is 1. The molecule has 100 valence electrons. The smallest absolute Gasteiger partial charge is 0.304 e. The van der Waals surface area contributed by atoms with E-state index >= 15 is 0 Å². The van der Waals surface area contributed by atoms with Gasteiger partial charge in [-0.2, -0.15) is 0 Å². The molecule has 3 rings (SSSR count). The first kappa shape index (κ1) is 12.3. The van der Waals surface area contributed by atoms with E-state index in [0.29, 0.717) is 0 Å². The average Bonchev–Trinajstić information content (AvgIpc) is 2.78. The van der Waals surface area contributed by atoms with Crippen molar-refractivity contribution in [2.75, 3.05) is 0 Å². The average molecular weight is 257 g/mol. The van der Waals surface area contributed by atoms with Crippen LogP contribution in [0.25, 0.3) is 10.9 Å². The van der Waals surface area contributed by atoms with Gasteiger partial charge in [0.15, 0.2) is 0 Å². The molecule has 0 saturated carbocycles. The van der Waals surface area contributed by atoms with E-state index in [9.17, 15) is 9.90 Å². The van der Waals surface area contributed by atoms with Gasteiger partial charge in [-0.15, -0.1) is 0 Å². The fraction of sp³-hybridized carbons (Fsp3) is 0.438. The molecule has 0 fully saturated rings. The number of rotatable bonds is 3. The highest BCUT2D eigenvalue weighted by Gasteiger charge is 2.39. The van der Waals surface area contributed by atoms with E-state index in [1.807, 2.05) is 6.07 Å². The molecular formula is C16H19NO2. The second kappa shape index (κ2) is 4.41. The quantitative estimate of drug-likeness (QED) is 0.882. The molecule has 1 atom stereocenters. The molecule has 1 aliphatic rings. The molecule has 19 heavy (non-hydrogen) atoms. The molecule has 2 N–H and O–H groups in total. The molecule has 0 amide bonds. The number of nitrogens with one attached hydrogen (secondary N) is 1. The van der Waals surface area contributed by atoms with Crippen LogP contribution in [0.2, 0.25) is 0 Å². The van der Waals surface area contributed by atoms with Gasteiger partial charge in [0.25, 0.3) is 0 Å². The maximum atomic E-state index is 11.2. The molecule has 1 heterocycles. The van der Waals surface area contributed by atoms with E-state index in [4.69, 9.17) is 0 Å². The first-order valence-corrected chi connectivity index (χ1v) is 6.98. The summed E-state index contributed by atoms with van der Waals surface area (Å²) in [6.45, 7) is 2.10. The predicted molar refractivity (Wildman–Crippen MR) is 75.5 cm³/mol. The van der Waals surface area contributed by atoms with Crippen LogP contribution in [0.5, 0.6) is 0 Å². The Morgan fingerprint density at radius 1 is 1.42 bits per heavy atom. The number of hydrogen-bond donors (Lipinski definition) is 2. The fourth-order valence-electron chi connectivity index (χ4n) is 3.59. The van der Waals surface area contributed by atoms with E-state index < -0.39 is 5.97 Å². The van der Waals surface area contributed by atoms with E-state index in [2.05, 4.69) is 30.1 Å². The summed E-state index contributed by atoms with van der Waals surface area (Å²) in [6, 6.07) is 8.29. The summed E-state index contributed by atoms with van der Waals surface area (Å²) >= 11 is 0. The van der Waals surface area contributed by atoms with Crippen LogP contribution < -0.4 is 0 Å². The van der Waals surface area contributed by atoms with E-state index in [1.54, 1.807) is 0 Å². The Hall–Kier alpha value is -1.77. The highest BCUT2D eigenvalue weighted by atomic mass is 16.4. The van der Waals surface area contributed by atoms with Crippen LogP contribution in [0.1, 0.15) is 43.9 Å². The van der Waals surface area contributed by atoms with E-state index in [1.165, 1.54) is 16.6 Å². The molecule has 0 spiro atoms. The van der Waals surface area contributed by atoms with Crippen molar-refractivity contribution >= 4 is 16.9 Å². The summed E-state index contributed by atoms with van der Waals surface area (Å²) < 4.78 is 0. The van der Waals surface area contributed by atoms with E-state index in [-0.39, 0.29) is 11.8 Å². The number of hydrogen-bond acceptors (Lipinski definition) is 1. The summed E-state index contributed by atoms with van der Waals surface area (Å²) in [5, 5.41) is 10.5. The summed E-state index contributed by atoms with van der Waals surface area (Å²) in [5.41, 5.74) is 3.44. The van der Waals surface area contributed by atoms with Gasteiger partial charge in [0, 0.05) is 22.0 Å². The lowest BCUT2D eigenvalue weighted by Gasteiger charge is -2.35. The molecule has 0 bridgehead atoms. The Morgan fingerprint density at radius 3 is 2.95 bits per heavy atom. The van der Waals surface area contributed by atoms with Gasteiger partial charge < -0.3 is 10.1 Å². The number of carboxylic acids is 1. The lowest BCUT2D eigenvalue weighted by molar-refractivity contribution is -0.138. The molecule has 0 radical (unpaired) electrons. The third-order valence-electron chi connectivity index (χ3n) is 4.59. The van der Waals surface area contributed by atoms with Crippen LogP contribution in [0, 0.1) is 0 Å². The van der Waals surface area contributed by atoms with Gasteiger partial charge in [-0.3, -0.25) is 4.79 Å². The van der Waals surface area contributed by atoms with Crippen LogP contribution in [0.4, 0.5) is 0 Å². The van der Waals surface area contributed by atoms with Crippen LogP contribution in [0.3, 0.4) is 0 Å². The minimum Gasteiger partial charge on any atom is -0.481 e. The zero-order chi connectivity index (χ0) is 13.5. The number of aromatic nitrogens is 1. The highest BCUT2D eigenvalue weighted by molar-refractivity contribution is 5.85. The number of carbonyl (C=O) groups is 1. The molecule has 3 heteroatoms. The van der Waals surface area contributed by atoms with Gasteiger partial charge in [-0.05, 0) is 37.3 Å². The van der Waals surface area contributed by atoms with E-state index in [0.717, 1.165) is 31.2 Å². The largest absolute Gasteiger partial charge is 0.481 e. The van der Waals surface area contributed by atoms with Crippen molar-refractivity contribution in [2.45, 2.75) is 44.4 Å². The zero-order valence-corrected chi connectivity index (χ0v) is 11.2. The van der Waals surface area contributed by atoms with Crippen molar-refractivity contribution in [3.63, 3.8) is 0 Å². The third kappa shape index (κ3) is 1.84. The first-order chi connectivity index (χ1) is 9.16. The van der Waals surface area contributed by atoms with Gasteiger partial charge in [-0.25, -0.2) is 0 Å². The molecule has 0 saturated heterocycles.